The Labute approximate surface area is 219 Å². The highest BCUT2D eigenvalue weighted by molar-refractivity contribution is 6.26. The van der Waals surface area contributed by atoms with E-state index in [1.807, 2.05) is 0 Å². The minimum atomic E-state index is -1.78. The van der Waals surface area contributed by atoms with E-state index in [4.69, 9.17) is 25.6 Å². The Morgan fingerprint density at radius 2 is 1.97 bits per heavy atom. The SMILES string of the molecule is COC(=O)[C@@]1(OC(=O)c2cc(C)on2)[C@H](C)CC2C3C[C@H](F)C4=CC(=O)C=C[C@]4(C)[C@@]3(Cl)[C@@H](O)C[C@@]21C. The lowest BCUT2D eigenvalue weighted by Gasteiger charge is -2.64. The van der Waals surface area contributed by atoms with Gasteiger partial charge in [-0.25, -0.2) is 14.0 Å². The number of aliphatic hydroxyl groups is 1. The van der Waals surface area contributed by atoms with Gasteiger partial charge < -0.3 is 19.1 Å². The number of nitrogens with zero attached hydrogens (tertiary/aromatic N) is 1. The number of carbonyl (C=O) groups excluding carboxylic acids is 3. The largest absolute Gasteiger partial charge is 0.466 e. The number of hydrogen-bond acceptors (Lipinski definition) is 8. The minimum Gasteiger partial charge on any atom is -0.466 e. The summed E-state index contributed by atoms with van der Waals surface area (Å²) < 4.78 is 32.0. The van der Waals surface area contributed by atoms with Gasteiger partial charge in [-0.2, -0.15) is 0 Å². The Bertz CT molecular complexity index is 1240. The molecule has 4 aliphatic rings. The summed E-state index contributed by atoms with van der Waals surface area (Å²) in [4.78, 5) is 37.5. The number of ketones is 1. The van der Waals surface area contributed by atoms with E-state index in [1.54, 1.807) is 33.8 Å². The zero-order valence-electron chi connectivity index (χ0n) is 21.4. The van der Waals surface area contributed by atoms with Gasteiger partial charge in [0.1, 0.15) is 11.9 Å². The van der Waals surface area contributed by atoms with Gasteiger partial charge in [0.25, 0.3) is 0 Å². The normalized spacial score (nSPS) is 44.4. The second-order valence-electron chi connectivity index (χ2n) is 11.4. The number of hydrogen-bond donors (Lipinski definition) is 1. The molecule has 0 aromatic carbocycles. The molecule has 3 fully saturated rings. The summed E-state index contributed by atoms with van der Waals surface area (Å²) in [6.45, 7) is 6.94. The van der Waals surface area contributed by atoms with Crippen molar-refractivity contribution in [2.75, 3.05) is 7.11 Å². The summed E-state index contributed by atoms with van der Waals surface area (Å²) in [6.07, 6.45) is 1.89. The second-order valence-corrected chi connectivity index (χ2v) is 12.1. The van der Waals surface area contributed by atoms with E-state index >= 15 is 4.39 Å². The molecule has 2 unspecified atom stereocenters. The van der Waals surface area contributed by atoms with E-state index in [0.717, 1.165) is 0 Å². The highest BCUT2D eigenvalue weighted by Crippen LogP contribution is 2.72. The van der Waals surface area contributed by atoms with Gasteiger partial charge in [0, 0.05) is 22.8 Å². The summed E-state index contributed by atoms with van der Waals surface area (Å²) in [6, 6.07) is 1.41. The third kappa shape index (κ3) is 3.16. The van der Waals surface area contributed by atoms with E-state index in [-0.39, 0.29) is 29.9 Å². The van der Waals surface area contributed by atoms with E-state index in [0.29, 0.717) is 12.2 Å². The van der Waals surface area contributed by atoms with Gasteiger partial charge in [0.15, 0.2) is 11.5 Å². The first-order chi connectivity index (χ1) is 17.3. The smallest absolute Gasteiger partial charge is 0.361 e. The zero-order valence-corrected chi connectivity index (χ0v) is 22.2. The first-order valence-electron chi connectivity index (χ1n) is 12.5. The Morgan fingerprint density at radius 3 is 2.59 bits per heavy atom. The molecule has 1 N–H and O–H groups in total. The molecule has 3 saturated carbocycles. The van der Waals surface area contributed by atoms with Gasteiger partial charge in [-0.3, -0.25) is 4.79 Å². The van der Waals surface area contributed by atoms with Crippen LogP contribution < -0.4 is 0 Å². The number of aliphatic hydroxyl groups excluding tert-OH is 1. The number of aryl methyl sites for hydroxylation is 1. The van der Waals surface area contributed by atoms with Crippen LogP contribution in [-0.4, -0.2) is 57.8 Å². The molecule has 0 aliphatic heterocycles. The van der Waals surface area contributed by atoms with E-state index in [2.05, 4.69) is 5.16 Å². The number of aromatic nitrogens is 1. The van der Waals surface area contributed by atoms with Gasteiger partial charge in [-0.15, -0.1) is 11.6 Å². The summed E-state index contributed by atoms with van der Waals surface area (Å²) in [7, 11) is 1.22. The molecule has 1 aromatic rings. The molecule has 4 aliphatic carbocycles. The van der Waals surface area contributed by atoms with Crippen LogP contribution in [0.4, 0.5) is 4.39 Å². The lowest BCUT2D eigenvalue weighted by molar-refractivity contribution is -0.199. The van der Waals surface area contributed by atoms with Crippen LogP contribution in [0.5, 0.6) is 0 Å². The van der Waals surface area contributed by atoms with Gasteiger partial charge in [0.2, 0.25) is 5.60 Å². The number of ether oxygens (including phenoxy) is 2. The van der Waals surface area contributed by atoms with Crippen LogP contribution in [0.25, 0.3) is 0 Å². The van der Waals surface area contributed by atoms with Crippen LogP contribution in [0.2, 0.25) is 0 Å². The maximum Gasteiger partial charge on any atom is 0.361 e. The Balaban J connectivity index is 1.63. The fourth-order valence-electron chi connectivity index (χ4n) is 8.03. The fourth-order valence-corrected chi connectivity index (χ4v) is 8.52. The molecule has 37 heavy (non-hydrogen) atoms. The van der Waals surface area contributed by atoms with Crippen LogP contribution in [0, 0.1) is 35.5 Å². The van der Waals surface area contributed by atoms with Crippen molar-refractivity contribution in [1.29, 1.82) is 0 Å². The highest BCUT2D eigenvalue weighted by Gasteiger charge is 2.78. The predicted octanol–water partition coefficient (Wildman–Crippen LogP) is 3.89. The molecule has 5 rings (SSSR count). The van der Waals surface area contributed by atoms with Crippen molar-refractivity contribution in [1.82, 2.24) is 5.16 Å². The third-order valence-electron chi connectivity index (χ3n) is 9.75. The van der Waals surface area contributed by atoms with E-state index < -0.39 is 63.3 Å². The molecule has 8 nitrogen and oxygen atoms in total. The number of esters is 2. The number of allylic oxidation sites excluding steroid dienone is 4. The van der Waals surface area contributed by atoms with Gasteiger partial charge in [-0.05, 0) is 55.7 Å². The molecule has 1 heterocycles. The van der Waals surface area contributed by atoms with Crippen molar-refractivity contribution in [2.45, 2.75) is 69.7 Å². The molecule has 200 valence electrons. The summed E-state index contributed by atoms with van der Waals surface area (Å²) >= 11 is 7.38. The number of fused-ring (bicyclic) bond motifs is 5. The molecule has 0 spiro atoms. The second kappa shape index (κ2) is 8.24. The van der Waals surface area contributed by atoms with Crippen molar-refractivity contribution in [3.05, 3.63) is 41.3 Å². The van der Waals surface area contributed by atoms with Gasteiger partial charge in [0.05, 0.1) is 18.1 Å². The molecule has 9 atom stereocenters. The number of methoxy groups -OCH3 is 1. The van der Waals surface area contributed by atoms with E-state index in [1.165, 1.54) is 25.3 Å². The number of rotatable bonds is 3. The molecular formula is C27H31ClFNO7. The molecule has 0 saturated heterocycles. The minimum absolute atomic E-state index is 0.0101. The van der Waals surface area contributed by atoms with Crippen molar-refractivity contribution < 1.29 is 37.9 Å². The Kier molecular flexibility index (Phi) is 5.81. The average Bonchev–Trinajstić information content (AvgIpc) is 3.37. The van der Waals surface area contributed by atoms with Crippen molar-refractivity contribution in [3.63, 3.8) is 0 Å². The predicted molar refractivity (Wildman–Crippen MR) is 129 cm³/mol. The molecule has 0 radical (unpaired) electrons. The molecule has 0 amide bonds. The molecule has 10 heteroatoms. The topological polar surface area (TPSA) is 116 Å². The Morgan fingerprint density at radius 1 is 1.27 bits per heavy atom. The Hall–Kier alpha value is -2.52. The van der Waals surface area contributed by atoms with Crippen LogP contribution in [-0.2, 0) is 19.1 Å². The highest BCUT2D eigenvalue weighted by atomic mass is 35.5. The first kappa shape index (κ1) is 26.1. The lowest BCUT2D eigenvalue weighted by Crippen LogP contribution is -2.70. The summed E-state index contributed by atoms with van der Waals surface area (Å²) in [5.74, 6) is -3.07. The van der Waals surface area contributed by atoms with Gasteiger partial charge >= 0.3 is 11.9 Å². The number of carbonyl (C=O) groups is 3. The zero-order chi connectivity index (χ0) is 27.1. The fraction of sp³-hybridized carbons (Fsp3) is 0.630. The maximum absolute atomic E-state index is 15.7. The van der Waals surface area contributed by atoms with Crippen molar-refractivity contribution >= 4 is 29.3 Å². The standard InChI is InChI=1S/C27H31ClFNO7/c1-13-8-16-17-11-19(29)18-10-15(31)6-7-24(18,3)26(17,28)21(32)12-25(16,4)27(13,23(34)35-5)36-22(33)20-9-14(2)37-30-20/h6-7,9-10,13,16-17,19,21,32H,8,11-12H2,1-5H3/t13-,16?,17?,19+,21+,24+,25+,26+,27+/m1/s1. The maximum atomic E-state index is 15.7. The van der Waals surface area contributed by atoms with Gasteiger partial charge in [-0.1, -0.05) is 32.0 Å². The van der Waals surface area contributed by atoms with Crippen molar-refractivity contribution in [3.8, 4) is 0 Å². The molecule has 0 bridgehead atoms. The molecule has 1 aromatic heterocycles. The quantitative estimate of drug-likeness (QED) is 0.458. The monoisotopic (exact) mass is 535 g/mol. The van der Waals surface area contributed by atoms with Crippen LogP contribution in [0.15, 0.2) is 34.4 Å². The van der Waals surface area contributed by atoms with E-state index in [9.17, 15) is 19.5 Å². The average molecular weight is 536 g/mol. The van der Waals surface area contributed by atoms with Crippen LogP contribution in [0.1, 0.15) is 56.3 Å². The molecular weight excluding hydrogens is 505 g/mol. The third-order valence-corrected chi connectivity index (χ3v) is 10.7. The number of alkyl halides is 2. The first-order valence-corrected chi connectivity index (χ1v) is 12.9. The lowest BCUT2D eigenvalue weighted by atomic mass is 9.45. The number of halogens is 2. The van der Waals surface area contributed by atoms with Crippen LogP contribution >= 0.6 is 11.6 Å². The summed E-state index contributed by atoms with van der Waals surface area (Å²) in [5, 5.41) is 15.5. The summed E-state index contributed by atoms with van der Waals surface area (Å²) in [5.41, 5.74) is -3.88. The van der Waals surface area contributed by atoms with Crippen LogP contribution in [0.3, 0.4) is 0 Å². The van der Waals surface area contributed by atoms with Crippen molar-refractivity contribution in [2.24, 2.45) is 28.6 Å².